The van der Waals surface area contributed by atoms with Crippen LogP contribution in [0.15, 0.2) is 18.2 Å². The van der Waals surface area contributed by atoms with Crippen LogP contribution in [0.5, 0.6) is 0 Å². The van der Waals surface area contributed by atoms with E-state index in [4.69, 9.17) is 4.74 Å². The Morgan fingerprint density at radius 3 is 2.14 bits per heavy atom. The summed E-state index contributed by atoms with van der Waals surface area (Å²) in [5.74, 6) is -1.07. The summed E-state index contributed by atoms with van der Waals surface area (Å²) in [6.07, 6.45) is 0. The predicted molar refractivity (Wildman–Crippen MR) is 49.4 cm³/mol. The van der Waals surface area contributed by atoms with Gasteiger partial charge < -0.3 is 9.64 Å². The smallest absolute Gasteiger partial charge is 0.128 e. The lowest BCUT2D eigenvalue weighted by Crippen LogP contribution is -2.36. The van der Waals surface area contributed by atoms with Crippen molar-refractivity contribution in [2.24, 2.45) is 0 Å². The van der Waals surface area contributed by atoms with E-state index < -0.39 is 11.6 Å². The summed E-state index contributed by atoms with van der Waals surface area (Å²) in [6.45, 7) is 2.59. The predicted octanol–water partition coefficient (Wildman–Crippen LogP) is 1.80. The molecule has 1 aliphatic heterocycles. The van der Waals surface area contributed by atoms with Crippen molar-refractivity contribution < 1.29 is 13.5 Å². The molecule has 1 heterocycles. The van der Waals surface area contributed by atoms with E-state index in [0.29, 0.717) is 32.0 Å². The normalized spacial score (nSPS) is 17.1. The highest BCUT2D eigenvalue weighted by Gasteiger charge is 2.12. The van der Waals surface area contributed by atoms with Crippen LogP contribution in [0, 0.1) is 11.6 Å². The van der Waals surface area contributed by atoms with E-state index >= 15 is 0 Å². The molecule has 2 nitrogen and oxygen atoms in total. The van der Waals surface area contributed by atoms with Crippen molar-refractivity contribution in [3.8, 4) is 0 Å². The van der Waals surface area contributed by atoms with Crippen molar-refractivity contribution in [1.82, 2.24) is 0 Å². The second-order valence-electron chi connectivity index (χ2n) is 3.23. The molecule has 4 heteroatoms. The Bertz CT molecular complexity index is 304. The molecule has 0 saturated carbocycles. The van der Waals surface area contributed by atoms with E-state index in [1.54, 1.807) is 0 Å². The summed E-state index contributed by atoms with van der Waals surface area (Å²) in [7, 11) is 0. The monoisotopic (exact) mass is 199 g/mol. The highest BCUT2D eigenvalue weighted by Crippen LogP contribution is 2.18. The zero-order valence-corrected chi connectivity index (χ0v) is 7.67. The van der Waals surface area contributed by atoms with Crippen molar-refractivity contribution >= 4 is 5.69 Å². The van der Waals surface area contributed by atoms with Gasteiger partial charge in [0.1, 0.15) is 11.6 Å². The molecule has 2 rings (SSSR count). The molecule has 14 heavy (non-hydrogen) atoms. The summed E-state index contributed by atoms with van der Waals surface area (Å²) >= 11 is 0. The zero-order chi connectivity index (χ0) is 9.97. The van der Waals surface area contributed by atoms with Crippen molar-refractivity contribution in [2.75, 3.05) is 31.2 Å². The van der Waals surface area contributed by atoms with Gasteiger partial charge in [0.25, 0.3) is 0 Å². The van der Waals surface area contributed by atoms with E-state index in [-0.39, 0.29) is 0 Å². The van der Waals surface area contributed by atoms with Crippen molar-refractivity contribution in [2.45, 2.75) is 0 Å². The van der Waals surface area contributed by atoms with Gasteiger partial charge in [-0.3, -0.25) is 0 Å². The minimum Gasteiger partial charge on any atom is -0.378 e. The Labute approximate surface area is 81.1 Å². The van der Waals surface area contributed by atoms with Crippen LogP contribution in [0.3, 0.4) is 0 Å². The number of halogens is 2. The number of hydrogen-bond donors (Lipinski definition) is 0. The zero-order valence-electron chi connectivity index (χ0n) is 7.67. The first-order chi connectivity index (χ1) is 6.75. The van der Waals surface area contributed by atoms with Crippen LogP contribution < -0.4 is 4.90 Å². The molecule has 0 aliphatic carbocycles. The van der Waals surface area contributed by atoms with Gasteiger partial charge in [-0.2, -0.15) is 0 Å². The Hall–Kier alpha value is -1.16. The van der Waals surface area contributed by atoms with Crippen molar-refractivity contribution in [1.29, 1.82) is 0 Å². The Balaban J connectivity index is 2.21. The standard InChI is InChI=1S/C10H11F2NO/c11-8-5-9(12)7-10(6-8)13-1-3-14-4-2-13/h5-7H,1-4H2. The van der Waals surface area contributed by atoms with Crippen LogP contribution >= 0.6 is 0 Å². The average molecular weight is 199 g/mol. The van der Waals surface area contributed by atoms with Gasteiger partial charge in [-0.1, -0.05) is 0 Å². The molecule has 1 aromatic rings. The van der Waals surface area contributed by atoms with Gasteiger partial charge in [-0.05, 0) is 12.1 Å². The van der Waals surface area contributed by atoms with Gasteiger partial charge in [0, 0.05) is 24.8 Å². The molecular weight excluding hydrogens is 188 g/mol. The van der Waals surface area contributed by atoms with Gasteiger partial charge in [0.2, 0.25) is 0 Å². The maximum absolute atomic E-state index is 12.9. The summed E-state index contributed by atoms with van der Waals surface area (Å²) in [5.41, 5.74) is 0.589. The lowest BCUT2D eigenvalue weighted by molar-refractivity contribution is 0.122. The molecule has 0 aromatic heterocycles. The number of anilines is 1. The first kappa shape index (κ1) is 9.40. The second kappa shape index (κ2) is 3.92. The summed E-state index contributed by atoms with van der Waals surface area (Å²) in [6, 6.07) is 3.56. The highest BCUT2D eigenvalue weighted by atomic mass is 19.1. The summed E-state index contributed by atoms with van der Waals surface area (Å²) in [5, 5.41) is 0. The van der Waals surface area contributed by atoms with Crippen LogP contribution in [0.4, 0.5) is 14.5 Å². The third-order valence-electron chi connectivity index (χ3n) is 2.22. The average Bonchev–Trinajstić information content (AvgIpc) is 2.18. The largest absolute Gasteiger partial charge is 0.378 e. The molecule has 0 atom stereocenters. The molecule has 0 spiro atoms. The van der Waals surface area contributed by atoms with Gasteiger partial charge in [-0.15, -0.1) is 0 Å². The Kier molecular flexibility index (Phi) is 2.63. The van der Waals surface area contributed by atoms with Gasteiger partial charge >= 0.3 is 0 Å². The van der Waals surface area contributed by atoms with Crippen LogP contribution in [0.2, 0.25) is 0 Å². The number of morpholine rings is 1. The van der Waals surface area contributed by atoms with Gasteiger partial charge in [0.05, 0.1) is 13.2 Å². The molecule has 0 N–H and O–H groups in total. The molecular formula is C10H11F2NO. The van der Waals surface area contributed by atoms with Crippen molar-refractivity contribution in [3.63, 3.8) is 0 Å². The highest BCUT2D eigenvalue weighted by molar-refractivity contribution is 5.47. The fourth-order valence-electron chi connectivity index (χ4n) is 1.54. The molecule has 0 unspecified atom stereocenters. The third kappa shape index (κ3) is 2.01. The van der Waals surface area contributed by atoms with E-state index in [0.717, 1.165) is 6.07 Å². The Morgan fingerprint density at radius 1 is 1.00 bits per heavy atom. The SMILES string of the molecule is Fc1cc(F)cc(N2CCOCC2)c1. The fraction of sp³-hybridized carbons (Fsp3) is 0.400. The number of rotatable bonds is 1. The molecule has 0 bridgehead atoms. The molecule has 1 aromatic carbocycles. The lowest BCUT2D eigenvalue weighted by atomic mass is 10.2. The molecule has 1 fully saturated rings. The van der Waals surface area contributed by atoms with E-state index in [9.17, 15) is 8.78 Å². The van der Waals surface area contributed by atoms with E-state index in [2.05, 4.69) is 0 Å². The molecule has 1 aliphatic rings. The fourth-order valence-corrected chi connectivity index (χ4v) is 1.54. The van der Waals surface area contributed by atoms with Gasteiger partial charge in [0.15, 0.2) is 0 Å². The maximum Gasteiger partial charge on any atom is 0.128 e. The first-order valence-corrected chi connectivity index (χ1v) is 4.54. The first-order valence-electron chi connectivity index (χ1n) is 4.54. The minimum atomic E-state index is -0.536. The molecule has 76 valence electrons. The lowest BCUT2D eigenvalue weighted by Gasteiger charge is -2.28. The topological polar surface area (TPSA) is 12.5 Å². The van der Waals surface area contributed by atoms with Crippen LogP contribution in [0.25, 0.3) is 0 Å². The van der Waals surface area contributed by atoms with Crippen LogP contribution in [0.1, 0.15) is 0 Å². The second-order valence-corrected chi connectivity index (χ2v) is 3.23. The van der Waals surface area contributed by atoms with Crippen LogP contribution in [-0.4, -0.2) is 26.3 Å². The molecule has 0 radical (unpaired) electrons. The van der Waals surface area contributed by atoms with Gasteiger partial charge in [-0.25, -0.2) is 8.78 Å². The summed E-state index contributed by atoms with van der Waals surface area (Å²) in [4.78, 5) is 1.91. The van der Waals surface area contributed by atoms with Crippen LogP contribution in [-0.2, 0) is 4.74 Å². The Morgan fingerprint density at radius 2 is 1.57 bits per heavy atom. The summed E-state index contributed by atoms with van der Waals surface area (Å²) < 4.78 is 30.9. The van der Waals surface area contributed by atoms with Crippen molar-refractivity contribution in [3.05, 3.63) is 29.8 Å². The molecule has 0 amide bonds. The quantitative estimate of drug-likeness (QED) is 0.683. The molecule has 1 saturated heterocycles. The number of benzene rings is 1. The number of nitrogens with zero attached hydrogens (tertiary/aromatic N) is 1. The van der Waals surface area contributed by atoms with E-state index in [1.807, 2.05) is 4.90 Å². The van der Waals surface area contributed by atoms with E-state index in [1.165, 1.54) is 12.1 Å². The third-order valence-corrected chi connectivity index (χ3v) is 2.22. The minimum absolute atomic E-state index is 0.536. The maximum atomic E-state index is 12.9. The number of hydrogen-bond acceptors (Lipinski definition) is 2. The number of ether oxygens (including phenoxy) is 1.